The molecule has 0 spiro atoms. The van der Waals surface area contributed by atoms with E-state index >= 15 is 0 Å². The molecular weight excluding hydrogens is 200 g/mol. The van der Waals surface area contributed by atoms with Gasteiger partial charge in [0, 0.05) is 24.2 Å². The zero-order chi connectivity index (χ0) is 8.93. The van der Waals surface area contributed by atoms with Crippen molar-refractivity contribution in [2.45, 2.75) is 13.0 Å². The average Bonchev–Trinajstić information content (AvgIpc) is 2.49. The number of hydrogen-bond donors (Lipinski definition) is 0. The van der Waals surface area contributed by atoms with E-state index in [4.69, 9.17) is 0 Å². The quantitative estimate of drug-likeness (QED) is 0.750. The van der Waals surface area contributed by atoms with Gasteiger partial charge in [-0.2, -0.15) is 11.8 Å². The molecule has 0 amide bonds. The third kappa shape index (κ3) is 2.97. The van der Waals surface area contributed by atoms with E-state index in [1.165, 1.54) is 36.7 Å². The van der Waals surface area contributed by atoms with Crippen LogP contribution in [0.15, 0.2) is 10.9 Å². The van der Waals surface area contributed by atoms with Gasteiger partial charge in [0.1, 0.15) is 0 Å². The molecule has 1 aromatic heterocycles. The molecule has 1 aliphatic rings. The molecule has 72 valence electrons. The van der Waals surface area contributed by atoms with E-state index in [1.807, 2.05) is 5.51 Å². The van der Waals surface area contributed by atoms with Crippen molar-refractivity contribution in [3.8, 4) is 0 Å². The molecule has 0 saturated carbocycles. The minimum atomic E-state index is 1.05. The Morgan fingerprint density at radius 1 is 1.38 bits per heavy atom. The Balaban J connectivity index is 1.86. The molecule has 1 aliphatic heterocycles. The molecule has 2 nitrogen and oxygen atoms in total. The Morgan fingerprint density at radius 2 is 2.38 bits per heavy atom. The number of nitrogens with zero attached hydrogens (tertiary/aromatic N) is 2. The molecule has 0 radical (unpaired) electrons. The van der Waals surface area contributed by atoms with Crippen molar-refractivity contribution in [3.05, 3.63) is 16.6 Å². The topological polar surface area (TPSA) is 16.1 Å². The Bertz CT molecular complexity index is 228. The largest absolute Gasteiger partial charge is 0.297 e. The first-order valence-electron chi connectivity index (χ1n) is 4.62. The highest BCUT2D eigenvalue weighted by atomic mass is 32.2. The van der Waals surface area contributed by atoms with Crippen LogP contribution in [0.1, 0.15) is 12.1 Å². The van der Waals surface area contributed by atoms with Crippen molar-refractivity contribution in [1.29, 1.82) is 0 Å². The number of rotatable bonds is 2. The van der Waals surface area contributed by atoms with Crippen LogP contribution in [0, 0.1) is 0 Å². The zero-order valence-corrected chi connectivity index (χ0v) is 9.24. The highest BCUT2D eigenvalue weighted by molar-refractivity contribution is 7.99. The molecule has 4 heteroatoms. The molecule has 0 aromatic carbocycles. The minimum absolute atomic E-state index is 1.05. The summed E-state index contributed by atoms with van der Waals surface area (Å²) in [5, 5.41) is 2.15. The van der Waals surface area contributed by atoms with Gasteiger partial charge in [0.05, 0.1) is 11.2 Å². The van der Waals surface area contributed by atoms with Gasteiger partial charge in [0.2, 0.25) is 0 Å². The Hall–Kier alpha value is -0.0600. The van der Waals surface area contributed by atoms with Crippen LogP contribution in [0.2, 0.25) is 0 Å². The maximum absolute atomic E-state index is 4.31. The van der Waals surface area contributed by atoms with Gasteiger partial charge in [-0.3, -0.25) is 4.90 Å². The Morgan fingerprint density at radius 3 is 3.23 bits per heavy atom. The summed E-state index contributed by atoms with van der Waals surface area (Å²) < 4.78 is 0. The van der Waals surface area contributed by atoms with Crippen molar-refractivity contribution < 1.29 is 0 Å². The van der Waals surface area contributed by atoms with Crippen molar-refractivity contribution in [2.75, 3.05) is 24.6 Å². The third-order valence-corrected chi connectivity index (χ3v) is 3.87. The van der Waals surface area contributed by atoms with Gasteiger partial charge < -0.3 is 0 Å². The second-order valence-corrected chi connectivity index (χ2v) is 5.17. The molecule has 0 aliphatic carbocycles. The predicted octanol–water partition coefficient (Wildman–Crippen LogP) is 2.08. The monoisotopic (exact) mass is 214 g/mol. The van der Waals surface area contributed by atoms with Gasteiger partial charge in [0.15, 0.2) is 0 Å². The van der Waals surface area contributed by atoms with Gasteiger partial charge in [0.25, 0.3) is 0 Å². The van der Waals surface area contributed by atoms with Gasteiger partial charge in [-0.15, -0.1) is 11.3 Å². The van der Waals surface area contributed by atoms with E-state index in [0.29, 0.717) is 0 Å². The minimum Gasteiger partial charge on any atom is -0.297 e. The van der Waals surface area contributed by atoms with Crippen LogP contribution < -0.4 is 0 Å². The smallest absolute Gasteiger partial charge is 0.0795 e. The molecule has 0 bridgehead atoms. The lowest BCUT2D eigenvalue weighted by atomic mass is 10.3. The Labute approximate surface area is 87.4 Å². The molecule has 2 rings (SSSR count). The summed E-state index contributed by atoms with van der Waals surface area (Å²) in [5.74, 6) is 2.61. The molecule has 1 aromatic rings. The van der Waals surface area contributed by atoms with E-state index in [2.05, 4.69) is 27.0 Å². The van der Waals surface area contributed by atoms with Crippen molar-refractivity contribution in [3.63, 3.8) is 0 Å². The van der Waals surface area contributed by atoms with E-state index in [0.717, 1.165) is 6.54 Å². The molecule has 13 heavy (non-hydrogen) atoms. The van der Waals surface area contributed by atoms with Gasteiger partial charge in [-0.1, -0.05) is 0 Å². The second kappa shape index (κ2) is 4.98. The average molecular weight is 214 g/mol. The summed E-state index contributed by atoms with van der Waals surface area (Å²) in [7, 11) is 0. The first-order chi connectivity index (χ1) is 6.45. The summed E-state index contributed by atoms with van der Waals surface area (Å²) >= 11 is 3.76. The lowest BCUT2D eigenvalue weighted by molar-refractivity contribution is 0.284. The van der Waals surface area contributed by atoms with Crippen molar-refractivity contribution in [2.24, 2.45) is 0 Å². The summed E-state index contributed by atoms with van der Waals surface area (Å²) in [5.41, 5.74) is 3.15. The summed E-state index contributed by atoms with van der Waals surface area (Å²) in [6.45, 7) is 3.51. The number of aromatic nitrogens is 1. The number of thiazole rings is 1. The first kappa shape index (κ1) is 9.49. The van der Waals surface area contributed by atoms with Crippen LogP contribution in [0.3, 0.4) is 0 Å². The highest BCUT2D eigenvalue weighted by Crippen LogP contribution is 2.12. The molecule has 0 N–H and O–H groups in total. The second-order valence-electron chi connectivity index (χ2n) is 3.22. The fraction of sp³-hybridized carbons (Fsp3) is 0.667. The fourth-order valence-electron chi connectivity index (χ4n) is 1.50. The van der Waals surface area contributed by atoms with E-state index < -0.39 is 0 Å². The molecule has 0 atom stereocenters. The van der Waals surface area contributed by atoms with Gasteiger partial charge in [-0.25, -0.2) is 4.98 Å². The lowest BCUT2D eigenvalue weighted by Gasteiger charge is -2.17. The van der Waals surface area contributed by atoms with Gasteiger partial charge in [-0.05, 0) is 18.7 Å². The maximum atomic E-state index is 4.31. The van der Waals surface area contributed by atoms with Crippen LogP contribution in [-0.4, -0.2) is 34.5 Å². The number of thioether (sulfide) groups is 1. The van der Waals surface area contributed by atoms with E-state index in [1.54, 1.807) is 11.3 Å². The zero-order valence-electron chi connectivity index (χ0n) is 7.61. The van der Waals surface area contributed by atoms with Crippen molar-refractivity contribution in [1.82, 2.24) is 9.88 Å². The van der Waals surface area contributed by atoms with Crippen LogP contribution in [0.25, 0.3) is 0 Å². The van der Waals surface area contributed by atoms with E-state index in [-0.39, 0.29) is 0 Å². The third-order valence-electron chi connectivity index (χ3n) is 2.18. The van der Waals surface area contributed by atoms with E-state index in [9.17, 15) is 0 Å². The van der Waals surface area contributed by atoms with Gasteiger partial charge >= 0.3 is 0 Å². The fourth-order valence-corrected chi connectivity index (χ4v) is 2.97. The summed E-state index contributed by atoms with van der Waals surface area (Å²) in [4.78, 5) is 6.82. The van der Waals surface area contributed by atoms with Crippen LogP contribution in [0.5, 0.6) is 0 Å². The normalized spacial score (nSPS) is 20.0. The maximum Gasteiger partial charge on any atom is 0.0795 e. The SMILES string of the molecule is c1nc(CN2CCCSCC2)cs1. The van der Waals surface area contributed by atoms with Crippen LogP contribution in [-0.2, 0) is 6.54 Å². The molecule has 1 saturated heterocycles. The standard InChI is InChI=1S/C9H14N2S2/c1-2-11(3-5-12-4-1)6-9-7-13-8-10-9/h7-8H,1-6H2. The van der Waals surface area contributed by atoms with Crippen LogP contribution in [0.4, 0.5) is 0 Å². The van der Waals surface area contributed by atoms with Crippen molar-refractivity contribution >= 4 is 23.1 Å². The lowest BCUT2D eigenvalue weighted by Crippen LogP contribution is -2.25. The first-order valence-corrected chi connectivity index (χ1v) is 6.72. The van der Waals surface area contributed by atoms with Crippen LogP contribution >= 0.6 is 23.1 Å². The molecule has 0 unspecified atom stereocenters. The summed E-state index contributed by atoms with van der Waals surface area (Å²) in [6.07, 6.45) is 1.33. The number of hydrogen-bond acceptors (Lipinski definition) is 4. The molecular formula is C9H14N2S2. The highest BCUT2D eigenvalue weighted by Gasteiger charge is 2.09. The molecule has 2 heterocycles. The summed E-state index contributed by atoms with van der Waals surface area (Å²) in [6, 6.07) is 0. The predicted molar refractivity (Wildman–Crippen MR) is 59.3 cm³/mol. The molecule has 1 fully saturated rings. The Kier molecular flexibility index (Phi) is 3.64.